The lowest BCUT2D eigenvalue weighted by atomic mass is 10.1. The van der Waals surface area contributed by atoms with Crippen molar-refractivity contribution >= 4 is 44.2 Å². The molecule has 0 radical (unpaired) electrons. The van der Waals surface area contributed by atoms with E-state index in [1.807, 2.05) is 23.6 Å². The van der Waals surface area contributed by atoms with Crippen molar-refractivity contribution in [2.75, 3.05) is 6.54 Å². The van der Waals surface area contributed by atoms with Crippen molar-refractivity contribution in [1.82, 2.24) is 14.9 Å². The first-order valence-corrected chi connectivity index (χ1v) is 11.9. The molecule has 2 aromatic heterocycles. The predicted molar refractivity (Wildman–Crippen MR) is 127 cm³/mol. The number of unbranched alkanes of at least 4 members (excludes halogenated alkanes) is 2. The molecule has 4 rings (SSSR count). The maximum atomic E-state index is 12.0. The number of thiophene rings is 1. The summed E-state index contributed by atoms with van der Waals surface area (Å²) in [5.41, 5.74) is 3.49. The molecular weight excluding hydrogens is 458 g/mol. The van der Waals surface area contributed by atoms with Crippen molar-refractivity contribution in [3.63, 3.8) is 0 Å². The van der Waals surface area contributed by atoms with Crippen molar-refractivity contribution in [2.45, 2.75) is 32.2 Å². The highest BCUT2D eigenvalue weighted by molar-refractivity contribution is 9.10. The topological polar surface area (TPSA) is 46.9 Å². The van der Waals surface area contributed by atoms with E-state index in [1.54, 1.807) is 0 Å². The Morgan fingerprint density at radius 2 is 1.83 bits per heavy atom. The van der Waals surface area contributed by atoms with Crippen LogP contribution in [0.3, 0.4) is 0 Å². The van der Waals surface area contributed by atoms with Gasteiger partial charge in [0.15, 0.2) is 0 Å². The molecule has 0 spiro atoms. The van der Waals surface area contributed by atoms with Crippen LogP contribution in [0.5, 0.6) is 0 Å². The molecule has 0 saturated carbocycles. The molecule has 30 heavy (non-hydrogen) atoms. The lowest BCUT2D eigenvalue weighted by Crippen LogP contribution is -2.23. The number of carbonyl (C=O) groups is 1. The molecule has 1 amide bonds. The standard InChI is InChI=1S/C24H24BrN3OS/c25-19-13-11-18(12-14-19)17-28-21-8-4-3-7-20(21)27-23(28)10-2-1-5-15-26-24(29)22-9-6-16-30-22/h3-4,6-9,11-14,16H,1-2,5,10,15,17H2,(H,26,29). The minimum atomic E-state index is 0.0290. The van der Waals surface area contributed by atoms with Crippen molar-refractivity contribution < 1.29 is 4.79 Å². The Morgan fingerprint density at radius 3 is 2.63 bits per heavy atom. The maximum absolute atomic E-state index is 12.0. The molecule has 0 aliphatic carbocycles. The van der Waals surface area contributed by atoms with Gasteiger partial charge in [0.05, 0.1) is 15.9 Å². The Kier molecular flexibility index (Phi) is 6.97. The number of nitrogens with zero attached hydrogens (tertiary/aromatic N) is 2. The van der Waals surface area contributed by atoms with E-state index >= 15 is 0 Å². The molecule has 4 nitrogen and oxygen atoms in total. The third kappa shape index (κ3) is 5.18. The molecule has 154 valence electrons. The van der Waals surface area contributed by atoms with Gasteiger partial charge in [-0.1, -0.05) is 52.7 Å². The van der Waals surface area contributed by atoms with Crippen LogP contribution in [0.25, 0.3) is 11.0 Å². The second-order valence-electron chi connectivity index (χ2n) is 7.27. The van der Waals surface area contributed by atoms with Gasteiger partial charge in [0.2, 0.25) is 0 Å². The molecule has 4 aromatic rings. The van der Waals surface area contributed by atoms with Gasteiger partial charge in [-0.3, -0.25) is 4.79 Å². The molecule has 0 bridgehead atoms. The fraction of sp³-hybridized carbons (Fsp3) is 0.250. The van der Waals surface area contributed by atoms with Crippen LogP contribution in [0.15, 0.2) is 70.5 Å². The van der Waals surface area contributed by atoms with Crippen molar-refractivity contribution in [3.05, 3.63) is 86.8 Å². The van der Waals surface area contributed by atoms with Crippen LogP contribution >= 0.6 is 27.3 Å². The first-order valence-electron chi connectivity index (χ1n) is 10.2. The number of aryl methyl sites for hydroxylation is 1. The molecular formula is C24H24BrN3OS. The minimum absolute atomic E-state index is 0.0290. The largest absolute Gasteiger partial charge is 0.351 e. The molecule has 0 saturated heterocycles. The van der Waals surface area contributed by atoms with Crippen LogP contribution in [0.2, 0.25) is 0 Å². The van der Waals surface area contributed by atoms with E-state index in [4.69, 9.17) is 4.98 Å². The third-order valence-corrected chi connectivity index (χ3v) is 6.49. The summed E-state index contributed by atoms with van der Waals surface area (Å²) in [6.45, 7) is 1.53. The summed E-state index contributed by atoms with van der Waals surface area (Å²) in [7, 11) is 0. The molecule has 0 unspecified atom stereocenters. The van der Waals surface area contributed by atoms with Crippen molar-refractivity contribution in [1.29, 1.82) is 0 Å². The second-order valence-corrected chi connectivity index (χ2v) is 9.14. The van der Waals surface area contributed by atoms with Gasteiger partial charge in [0, 0.05) is 24.0 Å². The lowest BCUT2D eigenvalue weighted by molar-refractivity contribution is 0.0957. The average molecular weight is 482 g/mol. The number of fused-ring (bicyclic) bond motifs is 1. The van der Waals surface area contributed by atoms with Gasteiger partial charge in [-0.15, -0.1) is 11.3 Å². The average Bonchev–Trinajstić information content (AvgIpc) is 3.41. The van der Waals surface area contributed by atoms with Crippen molar-refractivity contribution in [2.24, 2.45) is 0 Å². The number of halogens is 1. The van der Waals surface area contributed by atoms with Gasteiger partial charge in [0.1, 0.15) is 5.82 Å². The number of rotatable bonds is 9. The highest BCUT2D eigenvalue weighted by Crippen LogP contribution is 2.20. The fourth-order valence-corrected chi connectivity index (χ4v) is 4.45. The normalized spacial score (nSPS) is 11.1. The fourth-order valence-electron chi connectivity index (χ4n) is 3.55. The molecule has 0 aliphatic heterocycles. The van der Waals surface area contributed by atoms with Crippen molar-refractivity contribution in [3.8, 4) is 0 Å². The number of imidazole rings is 1. The number of para-hydroxylation sites is 2. The van der Waals surface area contributed by atoms with Gasteiger partial charge < -0.3 is 9.88 Å². The SMILES string of the molecule is O=C(NCCCCCc1nc2ccccc2n1Cc1ccc(Br)cc1)c1cccs1. The smallest absolute Gasteiger partial charge is 0.261 e. The number of amides is 1. The minimum Gasteiger partial charge on any atom is -0.351 e. The van der Waals surface area contributed by atoms with Gasteiger partial charge >= 0.3 is 0 Å². The zero-order chi connectivity index (χ0) is 20.8. The summed E-state index contributed by atoms with van der Waals surface area (Å²) in [5.74, 6) is 1.16. The number of hydrogen-bond acceptors (Lipinski definition) is 3. The summed E-state index contributed by atoms with van der Waals surface area (Å²) < 4.78 is 3.42. The highest BCUT2D eigenvalue weighted by Gasteiger charge is 2.11. The van der Waals surface area contributed by atoms with Crippen LogP contribution in [-0.2, 0) is 13.0 Å². The molecule has 1 N–H and O–H groups in total. The van der Waals surface area contributed by atoms with E-state index in [9.17, 15) is 4.79 Å². The van der Waals surface area contributed by atoms with Gasteiger partial charge in [-0.2, -0.15) is 0 Å². The summed E-state index contributed by atoms with van der Waals surface area (Å²) in [4.78, 5) is 17.6. The number of carbonyl (C=O) groups excluding carboxylic acids is 1. The third-order valence-electron chi connectivity index (χ3n) is 5.10. The Balaban J connectivity index is 1.34. The summed E-state index contributed by atoms with van der Waals surface area (Å²) >= 11 is 4.98. The van der Waals surface area contributed by atoms with E-state index in [1.165, 1.54) is 22.4 Å². The Morgan fingerprint density at radius 1 is 1.00 bits per heavy atom. The van der Waals surface area contributed by atoms with E-state index in [2.05, 4.69) is 68.3 Å². The molecule has 2 heterocycles. The summed E-state index contributed by atoms with van der Waals surface area (Å²) in [5, 5.41) is 4.93. The van der Waals surface area contributed by atoms with E-state index in [0.29, 0.717) is 6.54 Å². The lowest BCUT2D eigenvalue weighted by Gasteiger charge is -2.10. The number of hydrogen-bond donors (Lipinski definition) is 1. The molecule has 0 atom stereocenters. The van der Waals surface area contributed by atoms with Gasteiger partial charge in [-0.25, -0.2) is 4.98 Å². The van der Waals surface area contributed by atoms with Crippen LogP contribution in [-0.4, -0.2) is 22.0 Å². The Labute approximate surface area is 189 Å². The summed E-state index contributed by atoms with van der Waals surface area (Å²) in [6.07, 6.45) is 4.03. The first kappa shape index (κ1) is 20.8. The highest BCUT2D eigenvalue weighted by atomic mass is 79.9. The van der Waals surface area contributed by atoms with E-state index in [-0.39, 0.29) is 5.91 Å². The van der Waals surface area contributed by atoms with Crippen LogP contribution in [0.1, 0.15) is 40.3 Å². The van der Waals surface area contributed by atoms with E-state index in [0.717, 1.165) is 52.9 Å². The quantitative estimate of drug-likeness (QED) is 0.295. The van der Waals surface area contributed by atoms with Gasteiger partial charge in [-0.05, 0) is 54.1 Å². The van der Waals surface area contributed by atoms with Gasteiger partial charge in [0.25, 0.3) is 5.91 Å². The number of nitrogens with one attached hydrogen (secondary N) is 1. The zero-order valence-electron chi connectivity index (χ0n) is 16.7. The molecule has 0 fully saturated rings. The zero-order valence-corrected chi connectivity index (χ0v) is 19.1. The van der Waals surface area contributed by atoms with Crippen LogP contribution in [0, 0.1) is 0 Å². The number of benzene rings is 2. The predicted octanol–water partition coefficient (Wildman–Crippen LogP) is 6.05. The Bertz CT molecular complexity index is 1100. The monoisotopic (exact) mass is 481 g/mol. The molecule has 0 aliphatic rings. The van der Waals surface area contributed by atoms with E-state index < -0.39 is 0 Å². The number of aromatic nitrogens is 2. The molecule has 6 heteroatoms. The second kappa shape index (κ2) is 10.0. The first-order chi connectivity index (χ1) is 14.7. The maximum Gasteiger partial charge on any atom is 0.261 e. The molecule has 2 aromatic carbocycles. The summed E-state index contributed by atoms with van der Waals surface area (Å²) in [6, 6.07) is 20.6. The Hall–Kier alpha value is -2.44. The van der Waals surface area contributed by atoms with Crippen LogP contribution < -0.4 is 5.32 Å². The van der Waals surface area contributed by atoms with Crippen LogP contribution in [0.4, 0.5) is 0 Å².